The number of aliphatic carboxylic acids is 1. The summed E-state index contributed by atoms with van der Waals surface area (Å²) in [6.45, 7) is -0.209. The summed E-state index contributed by atoms with van der Waals surface area (Å²) in [5, 5.41) is 10.3. The van der Waals surface area contributed by atoms with Crippen molar-refractivity contribution in [3.63, 3.8) is 0 Å². The number of amides is 1. The zero-order valence-corrected chi connectivity index (χ0v) is 10.1. The Labute approximate surface area is 107 Å². The van der Waals surface area contributed by atoms with Crippen molar-refractivity contribution in [2.45, 2.75) is 0 Å². The number of hydrogen-bond donors (Lipinski definition) is 2. The van der Waals surface area contributed by atoms with Crippen molar-refractivity contribution in [2.75, 3.05) is 12.3 Å². The van der Waals surface area contributed by atoms with Crippen LogP contribution in [0.5, 0.6) is 0 Å². The molecule has 1 amide bonds. The van der Waals surface area contributed by atoms with E-state index in [1.165, 1.54) is 18.4 Å². The molecule has 0 bridgehead atoms. The first-order chi connectivity index (χ1) is 8.58. The van der Waals surface area contributed by atoms with E-state index in [2.05, 4.69) is 5.32 Å². The molecule has 0 aromatic carbocycles. The molecule has 0 radical (unpaired) electrons. The molecular formula is C11H11NO5S. The number of carbonyl (C=O) groups excluding carboxylic acids is 2. The van der Waals surface area contributed by atoms with Crippen molar-refractivity contribution in [3.8, 4) is 0 Å². The molecule has 0 aliphatic heterocycles. The van der Waals surface area contributed by atoms with Crippen LogP contribution in [0.25, 0.3) is 6.08 Å². The van der Waals surface area contributed by atoms with Crippen LogP contribution in [0.2, 0.25) is 0 Å². The zero-order chi connectivity index (χ0) is 13.4. The third-order valence-electron chi connectivity index (χ3n) is 1.71. The summed E-state index contributed by atoms with van der Waals surface area (Å²) < 4.78 is 4.97. The van der Waals surface area contributed by atoms with Crippen molar-refractivity contribution in [3.05, 3.63) is 30.2 Å². The van der Waals surface area contributed by atoms with E-state index < -0.39 is 17.0 Å². The maximum Gasteiger partial charge on any atom is 0.313 e. The quantitative estimate of drug-likeness (QED) is 0.740. The lowest BCUT2D eigenvalue weighted by Crippen LogP contribution is -2.26. The van der Waals surface area contributed by atoms with Crippen LogP contribution in [0.3, 0.4) is 0 Å². The van der Waals surface area contributed by atoms with Gasteiger partial charge in [0, 0.05) is 6.08 Å². The molecule has 7 heteroatoms. The van der Waals surface area contributed by atoms with Crippen LogP contribution in [0, 0.1) is 0 Å². The lowest BCUT2D eigenvalue weighted by atomic mass is 10.4. The second kappa shape index (κ2) is 7.33. The number of carboxylic acid groups (broad SMARTS) is 1. The topological polar surface area (TPSA) is 96.6 Å². The van der Waals surface area contributed by atoms with Gasteiger partial charge in [-0.2, -0.15) is 0 Å². The van der Waals surface area contributed by atoms with E-state index >= 15 is 0 Å². The van der Waals surface area contributed by atoms with Crippen LogP contribution in [-0.2, 0) is 14.4 Å². The minimum atomic E-state index is -1.07. The molecule has 0 fully saturated rings. The number of nitrogens with one attached hydrogen (secondary N) is 1. The fourth-order valence-corrected chi connectivity index (χ4v) is 1.41. The van der Waals surface area contributed by atoms with E-state index in [0.29, 0.717) is 17.5 Å². The largest absolute Gasteiger partial charge is 0.481 e. The SMILES string of the molecule is O=C(O)CSC(=O)CNC(=O)C=Cc1ccco1. The molecule has 6 nitrogen and oxygen atoms in total. The number of carboxylic acids is 1. The molecule has 96 valence electrons. The molecule has 0 saturated carbocycles. The second-order valence-corrected chi connectivity index (χ2v) is 4.15. The molecule has 0 saturated heterocycles. The Morgan fingerprint density at radius 1 is 1.44 bits per heavy atom. The van der Waals surface area contributed by atoms with Crippen LogP contribution in [-0.4, -0.2) is 34.4 Å². The highest BCUT2D eigenvalue weighted by atomic mass is 32.2. The number of hydrogen-bond acceptors (Lipinski definition) is 5. The summed E-state index contributed by atoms with van der Waals surface area (Å²) in [6.07, 6.45) is 4.17. The van der Waals surface area contributed by atoms with E-state index in [0.717, 1.165) is 0 Å². The summed E-state index contributed by atoms with van der Waals surface area (Å²) in [6, 6.07) is 3.36. The van der Waals surface area contributed by atoms with Gasteiger partial charge in [-0.05, 0) is 18.2 Å². The van der Waals surface area contributed by atoms with Gasteiger partial charge in [-0.25, -0.2) is 0 Å². The normalized spacial score (nSPS) is 10.4. The Morgan fingerprint density at radius 3 is 2.83 bits per heavy atom. The number of carbonyl (C=O) groups is 3. The summed E-state index contributed by atoms with van der Waals surface area (Å²) in [5.41, 5.74) is 0. The Morgan fingerprint density at radius 2 is 2.22 bits per heavy atom. The predicted octanol–water partition coefficient (Wildman–Crippen LogP) is 0.753. The fourth-order valence-electron chi connectivity index (χ4n) is 0.955. The molecular weight excluding hydrogens is 258 g/mol. The molecule has 1 aromatic rings. The minimum absolute atomic E-state index is 0.209. The van der Waals surface area contributed by atoms with Gasteiger partial charge in [0.15, 0.2) is 0 Å². The molecule has 0 aliphatic rings. The number of thioether (sulfide) groups is 1. The third-order valence-corrected chi connectivity index (χ3v) is 2.56. The molecule has 0 aliphatic carbocycles. The first kappa shape index (κ1) is 14.0. The fraction of sp³-hybridized carbons (Fsp3) is 0.182. The van der Waals surface area contributed by atoms with Crippen LogP contribution in [0.1, 0.15) is 5.76 Å². The van der Waals surface area contributed by atoms with E-state index in [1.54, 1.807) is 12.1 Å². The van der Waals surface area contributed by atoms with Gasteiger partial charge in [-0.3, -0.25) is 14.4 Å². The first-order valence-corrected chi connectivity index (χ1v) is 5.93. The molecule has 18 heavy (non-hydrogen) atoms. The van der Waals surface area contributed by atoms with Crippen LogP contribution in [0.4, 0.5) is 0 Å². The average Bonchev–Trinajstić information content (AvgIpc) is 2.84. The highest BCUT2D eigenvalue weighted by molar-refractivity contribution is 8.14. The summed E-state index contributed by atoms with van der Waals surface area (Å²) in [7, 11) is 0. The highest BCUT2D eigenvalue weighted by Gasteiger charge is 2.07. The Kier molecular flexibility index (Phi) is 5.72. The third kappa shape index (κ3) is 5.90. The smallest absolute Gasteiger partial charge is 0.313 e. The number of furan rings is 1. The van der Waals surface area contributed by atoms with Crippen molar-refractivity contribution < 1.29 is 23.9 Å². The standard InChI is InChI=1S/C11H11NO5S/c13-9(4-3-8-2-1-5-17-8)12-6-11(16)18-7-10(14)15/h1-5H,6-7H2,(H,12,13)(H,14,15). The van der Waals surface area contributed by atoms with Crippen LogP contribution < -0.4 is 5.32 Å². The van der Waals surface area contributed by atoms with E-state index in [9.17, 15) is 14.4 Å². The van der Waals surface area contributed by atoms with E-state index in [1.807, 2.05) is 0 Å². The zero-order valence-electron chi connectivity index (χ0n) is 9.29. The van der Waals surface area contributed by atoms with Gasteiger partial charge in [0.2, 0.25) is 11.0 Å². The molecule has 0 atom stereocenters. The first-order valence-electron chi connectivity index (χ1n) is 4.95. The van der Waals surface area contributed by atoms with Gasteiger partial charge in [0.05, 0.1) is 18.6 Å². The van der Waals surface area contributed by atoms with Gasteiger partial charge in [-0.15, -0.1) is 0 Å². The molecule has 1 heterocycles. The lowest BCUT2D eigenvalue weighted by molar-refractivity contribution is -0.134. The van der Waals surface area contributed by atoms with Gasteiger partial charge in [0.1, 0.15) is 5.76 Å². The van der Waals surface area contributed by atoms with Crippen LogP contribution >= 0.6 is 11.8 Å². The minimum Gasteiger partial charge on any atom is -0.481 e. The Hall–Kier alpha value is -2.02. The van der Waals surface area contributed by atoms with E-state index in [-0.39, 0.29) is 12.3 Å². The lowest BCUT2D eigenvalue weighted by Gasteiger charge is -1.99. The van der Waals surface area contributed by atoms with Crippen molar-refractivity contribution >= 4 is 34.8 Å². The van der Waals surface area contributed by atoms with Crippen molar-refractivity contribution in [1.29, 1.82) is 0 Å². The molecule has 1 rings (SSSR count). The maximum absolute atomic E-state index is 11.3. The summed E-state index contributed by atoms with van der Waals surface area (Å²) in [4.78, 5) is 32.6. The van der Waals surface area contributed by atoms with Crippen molar-refractivity contribution in [1.82, 2.24) is 5.32 Å². The molecule has 0 unspecified atom stereocenters. The van der Waals surface area contributed by atoms with Crippen molar-refractivity contribution in [2.24, 2.45) is 0 Å². The Balaban J connectivity index is 2.24. The Bertz CT molecular complexity index is 452. The van der Waals surface area contributed by atoms with Gasteiger partial charge < -0.3 is 14.8 Å². The van der Waals surface area contributed by atoms with Gasteiger partial charge in [0.25, 0.3) is 0 Å². The maximum atomic E-state index is 11.3. The molecule has 2 N–H and O–H groups in total. The molecule has 1 aromatic heterocycles. The van der Waals surface area contributed by atoms with Gasteiger partial charge in [-0.1, -0.05) is 11.8 Å². The highest BCUT2D eigenvalue weighted by Crippen LogP contribution is 2.02. The predicted molar refractivity (Wildman–Crippen MR) is 65.9 cm³/mol. The van der Waals surface area contributed by atoms with Gasteiger partial charge >= 0.3 is 5.97 Å². The monoisotopic (exact) mass is 269 g/mol. The summed E-state index contributed by atoms with van der Waals surface area (Å²) >= 11 is 0.647. The molecule has 0 spiro atoms. The average molecular weight is 269 g/mol. The summed E-state index contributed by atoms with van der Waals surface area (Å²) in [5.74, 6) is -1.30. The van der Waals surface area contributed by atoms with E-state index in [4.69, 9.17) is 9.52 Å². The van der Waals surface area contributed by atoms with Crippen LogP contribution in [0.15, 0.2) is 28.9 Å². The number of rotatable bonds is 6. The second-order valence-electron chi connectivity index (χ2n) is 3.12.